The lowest BCUT2D eigenvalue weighted by Gasteiger charge is -2.14. The van der Waals surface area contributed by atoms with Crippen molar-refractivity contribution in [2.45, 2.75) is 59.7 Å². The Labute approximate surface area is 101 Å². The molecule has 0 aliphatic rings. The fourth-order valence-electron chi connectivity index (χ4n) is 1.41. The molecular weight excluding hydrogens is 200 g/mol. The number of allylic oxidation sites excluding steroid dienone is 2. The van der Waals surface area contributed by atoms with E-state index in [-0.39, 0.29) is 0 Å². The molecule has 0 aromatic carbocycles. The van der Waals surface area contributed by atoms with E-state index in [0.29, 0.717) is 24.9 Å². The van der Waals surface area contributed by atoms with Crippen LogP contribution >= 0.6 is 0 Å². The molecule has 0 bridgehead atoms. The summed E-state index contributed by atoms with van der Waals surface area (Å²) in [5.74, 6) is 1.09. The molecular formula is C14H28O2. The van der Waals surface area contributed by atoms with Crippen molar-refractivity contribution in [1.29, 1.82) is 0 Å². The van der Waals surface area contributed by atoms with E-state index in [9.17, 15) is 5.11 Å². The quantitative estimate of drug-likeness (QED) is 0.370. The molecule has 2 unspecified atom stereocenters. The fraction of sp³-hybridized carbons (Fsp3) is 0.857. The zero-order valence-corrected chi connectivity index (χ0v) is 11.3. The van der Waals surface area contributed by atoms with Crippen molar-refractivity contribution in [2.75, 3.05) is 6.61 Å². The van der Waals surface area contributed by atoms with Gasteiger partial charge in [-0.1, -0.05) is 46.3 Å². The van der Waals surface area contributed by atoms with Crippen molar-refractivity contribution >= 4 is 0 Å². The Kier molecular flexibility index (Phi) is 9.65. The van der Waals surface area contributed by atoms with Gasteiger partial charge in [0, 0.05) is 13.0 Å². The highest BCUT2D eigenvalue weighted by Gasteiger charge is 2.07. The summed E-state index contributed by atoms with van der Waals surface area (Å²) in [5, 5.41) is 9.60. The number of hydrogen-bond acceptors (Lipinski definition) is 2. The molecule has 0 rings (SSSR count). The zero-order chi connectivity index (χ0) is 12.4. The summed E-state index contributed by atoms with van der Waals surface area (Å²) in [7, 11) is 0. The van der Waals surface area contributed by atoms with Gasteiger partial charge in [0.1, 0.15) is 0 Å². The molecule has 2 atom stereocenters. The molecule has 2 nitrogen and oxygen atoms in total. The molecule has 0 aromatic rings. The van der Waals surface area contributed by atoms with E-state index in [1.807, 2.05) is 0 Å². The molecule has 0 aromatic heterocycles. The lowest BCUT2D eigenvalue weighted by molar-refractivity contribution is -0.108. The molecule has 2 heteroatoms. The highest BCUT2D eigenvalue weighted by Crippen LogP contribution is 2.11. The average molecular weight is 228 g/mol. The largest absolute Gasteiger partial charge is 0.368 e. The standard InChI is InChI=1S/C14H28O2/c1-5-6-10-16-14(15)11-13(4)9-7-8-12(2)3/h7,9,12-15H,5-6,8,10-11H2,1-4H3. The third-order valence-electron chi connectivity index (χ3n) is 2.45. The normalized spacial score (nSPS) is 15.9. The van der Waals surface area contributed by atoms with E-state index in [0.717, 1.165) is 19.3 Å². The Morgan fingerprint density at radius 2 is 1.94 bits per heavy atom. The van der Waals surface area contributed by atoms with Gasteiger partial charge in [0.15, 0.2) is 6.29 Å². The molecule has 0 fully saturated rings. The van der Waals surface area contributed by atoms with Gasteiger partial charge in [0.05, 0.1) is 0 Å². The average Bonchev–Trinajstić information content (AvgIpc) is 2.17. The van der Waals surface area contributed by atoms with Crippen LogP contribution in [0.4, 0.5) is 0 Å². The van der Waals surface area contributed by atoms with Gasteiger partial charge in [-0.05, 0) is 24.7 Å². The van der Waals surface area contributed by atoms with Crippen molar-refractivity contribution in [1.82, 2.24) is 0 Å². The third kappa shape index (κ3) is 10.2. The van der Waals surface area contributed by atoms with Gasteiger partial charge >= 0.3 is 0 Å². The van der Waals surface area contributed by atoms with E-state index in [2.05, 4.69) is 39.8 Å². The van der Waals surface area contributed by atoms with Crippen LogP contribution < -0.4 is 0 Å². The van der Waals surface area contributed by atoms with Gasteiger partial charge in [-0.25, -0.2) is 0 Å². The van der Waals surface area contributed by atoms with Crippen molar-refractivity contribution in [3.8, 4) is 0 Å². The lowest BCUT2D eigenvalue weighted by atomic mass is 10.0. The maximum atomic E-state index is 9.60. The van der Waals surface area contributed by atoms with E-state index in [4.69, 9.17) is 4.74 Å². The van der Waals surface area contributed by atoms with Crippen LogP contribution in [0.1, 0.15) is 53.4 Å². The van der Waals surface area contributed by atoms with Crippen LogP contribution in [0.3, 0.4) is 0 Å². The van der Waals surface area contributed by atoms with E-state index in [1.165, 1.54) is 0 Å². The maximum absolute atomic E-state index is 9.60. The van der Waals surface area contributed by atoms with Gasteiger partial charge in [0.2, 0.25) is 0 Å². The van der Waals surface area contributed by atoms with Gasteiger partial charge in [-0.3, -0.25) is 0 Å². The van der Waals surface area contributed by atoms with Crippen molar-refractivity contribution in [3.05, 3.63) is 12.2 Å². The highest BCUT2D eigenvalue weighted by molar-refractivity contribution is 4.87. The first kappa shape index (κ1) is 15.7. The van der Waals surface area contributed by atoms with Gasteiger partial charge in [-0.2, -0.15) is 0 Å². The summed E-state index contributed by atoms with van der Waals surface area (Å²) in [4.78, 5) is 0. The Morgan fingerprint density at radius 3 is 2.50 bits per heavy atom. The number of aliphatic hydroxyl groups is 1. The smallest absolute Gasteiger partial charge is 0.155 e. The summed E-state index contributed by atoms with van der Waals surface area (Å²) < 4.78 is 5.30. The number of hydrogen-bond donors (Lipinski definition) is 1. The molecule has 0 spiro atoms. The van der Waals surface area contributed by atoms with Crippen LogP contribution in [-0.2, 0) is 4.74 Å². The predicted molar refractivity (Wildman–Crippen MR) is 69.2 cm³/mol. The summed E-state index contributed by atoms with van der Waals surface area (Å²) in [6, 6.07) is 0. The number of aliphatic hydroxyl groups excluding tert-OH is 1. The van der Waals surface area contributed by atoms with Crippen LogP contribution in [-0.4, -0.2) is 18.0 Å². The van der Waals surface area contributed by atoms with Gasteiger partial charge in [-0.15, -0.1) is 0 Å². The van der Waals surface area contributed by atoms with Crippen LogP contribution in [0.5, 0.6) is 0 Å². The lowest BCUT2D eigenvalue weighted by Crippen LogP contribution is -2.15. The molecule has 16 heavy (non-hydrogen) atoms. The second-order valence-corrected chi connectivity index (χ2v) is 4.95. The van der Waals surface area contributed by atoms with Crippen molar-refractivity contribution in [2.24, 2.45) is 11.8 Å². The number of rotatable bonds is 9. The minimum Gasteiger partial charge on any atom is -0.368 e. The first-order chi connectivity index (χ1) is 7.56. The molecule has 1 N–H and O–H groups in total. The highest BCUT2D eigenvalue weighted by atomic mass is 16.6. The molecule has 0 saturated carbocycles. The maximum Gasteiger partial charge on any atom is 0.155 e. The molecule has 0 saturated heterocycles. The summed E-state index contributed by atoms with van der Waals surface area (Å²) >= 11 is 0. The summed E-state index contributed by atoms with van der Waals surface area (Å²) in [6.45, 7) is 9.31. The monoisotopic (exact) mass is 228 g/mol. The summed E-state index contributed by atoms with van der Waals surface area (Å²) in [6.07, 6.45) is 7.70. The minimum atomic E-state index is -0.606. The molecule has 0 heterocycles. The number of ether oxygens (including phenoxy) is 1. The third-order valence-corrected chi connectivity index (χ3v) is 2.45. The molecule has 0 radical (unpaired) electrons. The van der Waals surface area contributed by atoms with Gasteiger partial charge in [0.25, 0.3) is 0 Å². The predicted octanol–water partition coefficient (Wildman–Crippen LogP) is 3.75. The Hall–Kier alpha value is -0.340. The number of unbranched alkanes of at least 4 members (excludes halogenated alkanes) is 1. The molecule has 0 aliphatic heterocycles. The minimum absolute atomic E-state index is 0.385. The SMILES string of the molecule is CCCCOC(O)CC(C)C=CCC(C)C. The fourth-order valence-corrected chi connectivity index (χ4v) is 1.41. The molecule has 96 valence electrons. The first-order valence-corrected chi connectivity index (χ1v) is 6.52. The van der Waals surface area contributed by atoms with Crippen molar-refractivity contribution < 1.29 is 9.84 Å². The molecule has 0 aliphatic carbocycles. The van der Waals surface area contributed by atoms with Gasteiger partial charge < -0.3 is 9.84 Å². The second-order valence-electron chi connectivity index (χ2n) is 4.95. The van der Waals surface area contributed by atoms with E-state index in [1.54, 1.807) is 0 Å². The van der Waals surface area contributed by atoms with E-state index < -0.39 is 6.29 Å². The van der Waals surface area contributed by atoms with Crippen LogP contribution in [0.25, 0.3) is 0 Å². The van der Waals surface area contributed by atoms with Crippen LogP contribution in [0.15, 0.2) is 12.2 Å². The zero-order valence-electron chi connectivity index (χ0n) is 11.3. The second kappa shape index (κ2) is 9.86. The Morgan fingerprint density at radius 1 is 1.25 bits per heavy atom. The van der Waals surface area contributed by atoms with Crippen LogP contribution in [0, 0.1) is 11.8 Å². The van der Waals surface area contributed by atoms with Crippen molar-refractivity contribution in [3.63, 3.8) is 0 Å². The summed E-state index contributed by atoms with van der Waals surface area (Å²) in [5.41, 5.74) is 0. The Bertz CT molecular complexity index is 176. The van der Waals surface area contributed by atoms with Crippen LogP contribution in [0.2, 0.25) is 0 Å². The Balaban J connectivity index is 3.60. The topological polar surface area (TPSA) is 29.5 Å². The van der Waals surface area contributed by atoms with E-state index >= 15 is 0 Å². The molecule has 0 amide bonds. The first-order valence-electron chi connectivity index (χ1n) is 6.52.